The van der Waals surface area contributed by atoms with Gasteiger partial charge in [-0.1, -0.05) is 0 Å². The Labute approximate surface area is 97.0 Å². The fraction of sp³-hybridized carbons (Fsp3) is 0.917. The van der Waals surface area contributed by atoms with Crippen molar-refractivity contribution in [1.29, 1.82) is 0 Å². The Bertz CT molecular complexity index is 249. The molecule has 0 aromatic carbocycles. The lowest BCUT2D eigenvalue weighted by Gasteiger charge is -2.19. The third-order valence-electron chi connectivity index (χ3n) is 3.89. The van der Waals surface area contributed by atoms with Gasteiger partial charge < -0.3 is 15.3 Å². The molecular formula is C12H22N2O2. The van der Waals surface area contributed by atoms with Gasteiger partial charge in [0.05, 0.1) is 6.10 Å². The number of rotatable bonds is 3. The molecule has 2 N–H and O–H groups in total. The summed E-state index contributed by atoms with van der Waals surface area (Å²) < 4.78 is 0. The summed E-state index contributed by atoms with van der Waals surface area (Å²) in [5.74, 6) is 1.08. The molecule has 3 atom stereocenters. The summed E-state index contributed by atoms with van der Waals surface area (Å²) in [6, 6.07) is 0. The molecule has 0 aliphatic carbocycles. The lowest BCUT2D eigenvalue weighted by Crippen LogP contribution is -2.32. The molecule has 2 rings (SSSR count). The van der Waals surface area contributed by atoms with Gasteiger partial charge in [0.1, 0.15) is 0 Å². The Hall–Kier alpha value is -0.610. The van der Waals surface area contributed by atoms with Crippen molar-refractivity contribution >= 4 is 5.91 Å². The lowest BCUT2D eigenvalue weighted by molar-refractivity contribution is -0.131. The predicted molar refractivity (Wildman–Crippen MR) is 62.0 cm³/mol. The first-order valence-electron chi connectivity index (χ1n) is 6.33. The first kappa shape index (κ1) is 11.9. The van der Waals surface area contributed by atoms with E-state index in [9.17, 15) is 9.90 Å². The van der Waals surface area contributed by atoms with Crippen LogP contribution in [0.2, 0.25) is 0 Å². The number of hydrogen-bond donors (Lipinski definition) is 2. The fourth-order valence-electron chi connectivity index (χ4n) is 2.67. The van der Waals surface area contributed by atoms with Gasteiger partial charge in [0.2, 0.25) is 5.91 Å². The van der Waals surface area contributed by atoms with Gasteiger partial charge >= 0.3 is 0 Å². The second kappa shape index (κ2) is 5.15. The van der Waals surface area contributed by atoms with Crippen LogP contribution in [0.3, 0.4) is 0 Å². The van der Waals surface area contributed by atoms with Crippen LogP contribution in [0, 0.1) is 11.8 Å². The number of nitrogens with one attached hydrogen (secondary N) is 1. The molecule has 0 radical (unpaired) electrons. The minimum absolute atomic E-state index is 0.275. The van der Waals surface area contributed by atoms with Crippen LogP contribution < -0.4 is 5.32 Å². The normalized spacial score (nSPS) is 32.0. The van der Waals surface area contributed by atoms with Crippen molar-refractivity contribution in [3.63, 3.8) is 0 Å². The molecule has 2 heterocycles. The molecule has 4 heteroatoms. The van der Waals surface area contributed by atoms with E-state index in [2.05, 4.69) is 5.32 Å². The van der Waals surface area contributed by atoms with E-state index < -0.39 is 0 Å². The van der Waals surface area contributed by atoms with Crippen molar-refractivity contribution in [1.82, 2.24) is 10.2 Å². The Balaban J connectivity index is 1.77. The molecule has 0 saturated carbocycles. The van der Waals surface area contributed by atoms with Crippen molar-refractivity contribution in [2.24, 2.45) is 11.8 Å². The summed E-state index contributed by atoms with van der Waals surface area (Å²) in [5.41, 5.74) is 0. The molecule has 16 heavy (non-hydrogen) atoms. The topological polar surface area (TPSA) is 52.6 Å². The largest absolute Gasteiger partial charge is 0.393 e. The quantitative estimate of drug-likeness (QED) is 0.723. The van der Waals surface area contributed by atoms with Gasteiger partial charge in [-0.05, 0) is 38.8 Å². The molecule has 92 valence electrons. The molecule has 4 nitrogen and oxygen atoms in total. The van der Waals surface area contributed by atoms with Gasteiger partial charge in [-0.3, -0.25) is 4.79 Å². The Morgan fingerprint density at radius 3 is 2.94 bits per heavy atom. The highest BCUT2D eigenvalue weighted by Crippen LogP contribution is 2.22. The molecule has 0 aromatic rings. The van der Waals surface area contributed by atoms with Crippen LogP contribution in [-0.2, 0) is 4.79 Å². The summed E-state index contributed by atoms with van der Waals surface area (Å²) in [4.78, 5) is 13.9. The average molecular weight is 226 g/mol. The SMILES string of the molecule is CC(O)C1CCN(C(=O)CC2CCNC2)C1. The number of amides is 1. The van der Waals surface area contributed by atoms with Crippen LogP contribution in [0.1, 0.15) is 26.2 Å². The van der Waals surface area contributed by atoms with Crippen molar-refractivity contribution in [3.8, 4) is 0 Å². The summed E-state index contributed by atoms with van der Waals surface area (Å²) >= 11 is 0. The second-order valence-electron chi connectivity index (χ2n) is 5.19. The third kappa shape index (κ3) is 2.74. The number of aliphatic hydroxyl groups excluding tert-OH is 1. The van der Waals surface area contributed by atoms with Crippen molar-refractivity contribution in [2.75, 3.05) is 26.2 Å². The number of carbonyl (C=O) groups is 1. The van der Waals surface area contributed by atoms with E-state index in [1.165, 1.54) is 0 Å². The zero-order chi connectivity index (χ0) is 11.5. The molecular weight excluding hydrogens is 204 g/mol. The minimum Gasteiger partial charge on any atom is -0.393 e. The van der Waals surface area contributed by atoms with Crippen LogP contribution >= 0.6 is 0 Å². The van der Waals surface area contributed by atoms with Crippen molar-refractivity contribution in [2.45, 2.75) is 32.3 Å². The lowest BCUT2D eigenvalue weighted by atomic mass is 10.0. The van der Waals surface area contributed by atoms with Crippen molar-refractivity contribution < 1.29 is 9.90 Å². The molecule has 2 aliphatic rings. The van der Waals surface area contributed by atoms with E-state index in [1.807, 2.05) is 11.8 Å². The minimum atomic E-state index is -0.286. The highest BCUT2D eigenvalue weighted by molar-refractivity contribution is 5.76. The maximum atomic E-state index is 12.0. The third-order valence-corrected chi connectivity index (χ3v) is 3.89. The number of hydrogen-bond acceptors (Lipinski definition) is 3. The molecule has 0 aromatic heterocycles. The molecule has 2 saturated heterocycles. The first-order valence-corrected chi connectivity index (χ1v) is 6.33. The van der Waals surface area contributed by atoms with Crippen molar-refractivity contribution in [3.05, 3.63) is 0 Å². The van der Waals surface area contributed by atoms with E-state index in [0.717, 1.165) is 39.0 Å². The molecule has 2 aliphatic heterocycles. The van der Waals surface area contributed by atoms with Gasteiger partial charge in [-0.2, -0.15) is 0 Å². The zero-order valence-corrected chi connectivity index (χ0v) is 9.98. The number of nitrogens with zero attached hydrogens (tertiary/aromatic N) is 1. The van der Waals surface area contributed by atoms with Gasteiger partial charge in [0.25, 0.3) is 0 Å². The van der Waals surface area contributed by atoms with E-state index >= 15 is 0 Å². The summed E-state index contributed by atoms with van der Waals surface area (Å²) in [6.45, 7) is 5.43. The van der Waals surface area contributed by atoms with Gasteiger partial charge in [-0.15, -0.1) is 0 Å². The fourth-order valence-corrected chi connectivity index (χ4v) is 2.67. The highest BCUT2D eigenvalue weighted by Gasteiger charge is 2.30. The molecule has 0 spiro atoms. The van der Waals surface area contributed by atoms with Crippen LogP contribution in [-0.4, -0.2) is 48.2 Å². The predicted octanol–water partition coefficient (Wildman–Crippen LogP) is 0.215. The molecule has 1 amide bonds. The highest BCUT2D eigenvalue weighted by atomic mass is 16.3. The van der Waals surface area contributed by atoms with E-state index in [-0.39, 0.29) is 17.9 Å². The monoisotopic (exact) mass is 226 g/mol. The zero-order valence-electron chi connectivity index (χ0n) is 9.98. The van der Waals surface area contributed by atoms with E-state index in [1.54, 1.807) is 0 Å². The molecule has 3 unspecified atom stereocenters. The van der Waals surface area contributed by atoms with Gasteiger partial charge in [-0.25, -0.2) is 0 Å². The van der Waals surface area contributed by atoms with Crippen LogP contribution in [0.25, 0.3) is 0 Å². The standard InChI is InChI=1S/C12H22N2O2/c1-9(15)11-3-5-14(8-11)12(16)6-10-2-4-13-7-10/h9-11,13,15H,2-8H2,1H3. The molecule has 0 bridgehead atoms. The van der Waals surface area contributed by atoms with Gasteiger partial charge in [0.15, 0.2) is 0 Å². The van der Waals surface area contributed by atoms with E-state index in [0.29, 0.717) is 12.3 Å². The first-order chi connectivity index (χ1) is 7.66. The molecule has 2 fully saturated rings. The number of carbonyl (C=O) groups excluding carboxylic acids is 1. The van der Waals surface area contributed by atoms with Crippen LogP contribution in [0.4, 0.5) is 0 Å². The Morgan fingerprint density at radius 1 is 1.56 bits per heavy atom. The van der Waals surface area contributed by atoms with E-state index in [4.69, 9.17) is 0 Å². The number of likely N-dealkylation sites (tertiary alicyclic amines) is 1. The summed E-state index contributed by atoms with van der Waals surface area (Å²) in [5, 5.41) is 12.8. The average Bonchev–Trinajstić information content (AvgIpc) is 2.86. The Morgan fingerprint density at radius 2 is 2.38 bits per heavy atom. The summed E-state index contributed by atoms with van der Waals surface area (Å²) in [7, 11) is 0. The Kier molecular flexibility index (Phi) is 3.82. The summed E-state index contributed by atoms with van der Waals surface area (Å²) in [6.07, 6.45) is 2.47. The second-order valence-corrected chi connectivity index (χ2v) is 5.19. The van der Waals surface area contributed by atoms with Crippen LogP contribution in [0.5, 0.6) is 0 Å². The van der Waals surface area contributed by atoms with Gasteiger partial charge in [0, 0.05) is 25.4 Å². The maximum Gasteiger partial charge on any atom is 0.222 e. The van der Waals surface area contributed by atoms with Crippen LogP contribution in [0.15, 0.2) is 0 Å². The smallest absolute Gasteiger partial charge is 0.222 e. The maximum absolute atomic E-state index is 12.0. The number of aliphatic hydroxyl groups is 1.